The first kappa shape index (κ1) is 18.7. The minimum atomic E-state index is 0.211. The largest absolute Gasteiger partial charge is 0.304 e. The Bertz CT molecular complexity index is 978. The Hall–Kier alpha value is -2.70. The van der Waals surface area contributed by atoms with E-state index in [1.54, 1.807) is 6.20 Å². The average molecular weight is 375 g/mol. The lowest BCUT2D eigenvalue weighted by Gasteiger charge is -2.31. The molecule has 1 aliphatic rings. The van der Waals surface area contributed by atoms with Crippen molar-refractivity contribution in [3.8, 4) is 11.1 Å². The van der Waals surface area contributed by atoms with Gasteiger partial charge in [0.25, 0.3) is 0 Å². The van der Waals surface area contributed by atoms with Crippen LogP contribution < -0.4 is 0 Å². The van der Waals surface area contributed by atoms with Crippen LogP contribution in [0.3, 0.4) is 0 Å². The van der Waals surface area contributed by atoms with E-state index in [0.29, 0.717) is 13.0 Å². The number of pyridine rings is 3. The van der Waals surface area contributed by atoms with Crippen molar-refractivity contribution in [2.75, 3.05) is 39.8 Å². The third kappa shape index (κ3) is 4.40. The summed E-state index contributed by atoms with van der Waals surface area (Å²) in [6.45, 7) is 6.41. The molecule has 6 nitrogen and oxygen atoms in total. The third-order valence-corrected chi connectivity index (χ3v) is 5.24. The number of ketones is 1. The van der Waals surface area contributed by atoms with Gasteiger partial charge in [0.05, 0.1) is 24.7 Å². The van der Waals surface area contributed by atoms with Crippen LogP contribution >= 0.6 is 0 Å². The molecule has 0 radical (unpaired) electrons. The maximum atomic E-state index is 12.5. The molecule has 1 fully saturated rings. The zero-order valence-electron chi connectivity index (χ0n) is 16.4. The highest BCUT2D eigenvalue weighted by molar-refractivity contribution is 5.86. The molecular formula is C22H25N5O. The number of aryl methyl sites for hydroxylation is 1. The Labute approximate surface area is 165 Å². The zero-order chi connectivity index (χ0) is 19.5. The first-order valence-corrected chi connectivity index (χ1v) is 9.67. The molecule has 3 aromatic heterocycles. The summed E-state index contributed by atoms with van der Waals surface area (Å²) in [5, 5.41) is 0.996. The fourth-order valence-corrected chi connectivity index (χ4v) is 3.48. The van der Waals surface area contributed by atoms with Gasteiger partial charge in [-0.3, -0.25) is 24.6 Å². The van der Waals surface area contributed by atoms with Crippen molar-refractivity contribution in [3.63, 3.8) is 0 Å². The zero-order valence-corrected chi connectivity index (χ0v) is 16.4. The average Bonchev–Trinajstić information content (AvgIpc) is 2.70. The van der Waals surface area contributed by atoms with Crippen LogP contribution in [0, 0.1) is 6.92 Å². The van der Waals surface area contributed by atoms with Crippen LogP contribution in [-0.2, 0) is 11.2 Å². The summed E-state index contributed by atoms with van der Waals surface area (Å²) in [4.78, 5) is 30.3. The first-order chi connectivity index (χ1) is 13.6. The van der Waals surface area contributed by atoms with E-state index in [4.69, 9.17) is 0 Å². The number of carbonyl (C=O) groups excluding carboxylic acids is 1. The van der Waals surface area contributed by atoms with Crippen LogP contribution in [0.25, 0.3) is 22.0 Å². The smallest absolute Gasteiger partial charge is 0.152 e. The van der Waals surface area contributed by atoms with E-state index < -0.39 is 0 Å². The number of hydrogen-bond donors (Lipinski definition) is 0. The lowest BCUT2D eigenvalue weighted by Crippen LogP contribution is -2.46. The number of aromatic nitrogens is 3. The minimum absolute atomic E-state index is 0.211. The van der Waals surface area contributed by atoms with Gasteiger partial charge in [0.1, 0.15) is 0 Å². The molecule has 0 aromatic carbocycles. The summed E-state index contributed by atoms with van der Waals surface area (Å²) in [6.07, 6.45) is 5.82. The molecule has 4 heterocycles. The van der Waals surface area contributed by atoms with E-state index >= 15 is 0 Å². The normalized spacial score (nSPS) is 15.8. The summed E-state index contributed by atoms with van der Waals surface area (Å²) in [5.74, 6) is 0.211. The van der Waals surface area contributed by atoms with Gasteiger partial charge >= 0.3 is 0 Å². The molecule has 0 N–H and O–H groups in total. The Morgan fingerprint density at radius 2 is 1.75 bits per heavy atom. The summed E-state index contributed by atoms with van der Waals surface area (Å²) < 4.78 is 0. The van der Waals surface area contributed by atoms with Gasteiger partial charge in [0.2, 0.25) is 0 Å². The molecule has 0 atom stereocenters. The Kier molecular flexibility index (Phi) is 5.41. The highest BCUT2D eigenvalue weighted by Gasteiger charge is 2.17. The summed E-state index contributed by atoms with van der Waals surface area (Å²) in [6, 6.07) is 8.11. The van der Waals surface area contributed by atoms with E-state index in [0.717, 1.165) is 59.6 Å². The highest BCUT2D eigenvalue weighted by atomic mass is 16.1. The number of nitrogens with zero attached hydrogens (tertiary/aromatic N) is 5. The van der Waals surface area contributed by atoms with Gasteiger partial charge in [-0.1, -0.05) is 6.07 Å². The maximum Gasteiger partial charge on any atom is 0.152 e. The molecule has 0 unspecified atom stereocenters. The standard InChI is InChI=1S/C22H25N5O/c1-16-3-4-17(12-23-16)19-9-18-10-20(24-14-22(18)25-13-19)11-21(28)15-27-7-5-26(2)6-8-27/h3-4,9-10,12-14H,5-8,11,15H2,1-2H3. The number of piperazine rings is 1. The van der Waals surface area contributed by atoms with Crippen LogP contribution in [0.5, 0.6) is 0 Å². The second-order valence-electron chi connectivity index (χ2n) is 7.58. The van der Waals surface area contributed by atoms with Crippen molar-refractivity contribution in [1.82, 2.24) is 24.8 Å². The number of Topliss-reactive ketones (excluding diaryl/α,β-unsaturated/α-hetero) is 1. The van der Waals surface area contributed by atoms with E-state index in [1.807, 2.05) is 37.5 Å². The van der Waals surface area contributed by atoms with Gasteiger partial charge in [-0.15, -0.1) is 0 Å². The minimum Gasteiger partial charge on any atom is -0.304 e. The molecule has 28 heavy (non-hydrogen) atoms. The van der Waals surface area contributed by atoms with Crippen molar-refractivity contribution in [1.29, 1.82) is 0 Å². The predicted octanol–water partition coefficient (Wildman–Crippen LogP) is 2.36. The molecule has 3 aromatic rings. The van der Waals surface area contributed by atoms with Crippen LogP contribution in [0.4, 0.5) is 0 Å². The van der Waals surface area contributed by atoms with Gasteiger partial charge in [0.15, 0.2) is 5.78 Å². The summed E-state index contributed by atoms with van der Waals surface area (Å²) >= 11 is 0. The number of likely N-dealkylation sites (N-methyl/N-ethyl adjacent to an activating group) is 1. The number of hydrogen-bond acceptors (Lipinski definition) is 6. The summed E-state index contributed by atoms with van der Waals surface area (Å²) in [7, 11) is 2.12. The lowest BCUT2D eigenvalue weighted by molar-refractivity contribution is -0.120. The molecule has 1 saturated heterocycles. The van der Waals surface area contributed by atoms with E-state index in [1.165, 1.54) is 0 Å². The molecule has 144 valence electrons. The summed E-state index contributed by atoms with van der Waals surface area (Å²) in [5.41, 5.74) is 4.67. The van der Waals surface area contributed by atoms with Crippen LogP contribution in [-0.4, -0.2) is 70.3 Å². The van der Waals surface area contributed by atoms with Gasteiger partial charge in [0, 0.05) is 66.5 Å². The fraction of sp³-hybridized carbons (Fsp3) is 0.364. The number of fused-ring (bicyclic) bond motifs is 1. The van der Waals surface area contributed by atoms with E-state index in [-0.39, 0.29) is 5.78 Å². The van der Waals surface area contributed by atoms with Gasteiger partial charge in [-0.2, -0.15) is 0 Å². The van der Waals surface area contributed by atoms with Crippen molar-refractivity contribution >= 4 is 16.7 Å². The first-order valence-electron chi connectivity index (χ1n) is 9.67. The molecule has 1 aliphatic heterocycles. The number of carbonyl (C=O) groups is 1. The van der Waals surface area contributed by atoms with Gasteiger partial charge in [-0.25, -0.2) is 0 Å². The quantitative estimate of drug-likeness (QED) is 0.682. The Morgan fingerprint density at radius 1 is 0.964 bits per heavy atom. The third-order valence-electron chi connectivity index (χ3n) is 5.24. The van der Waals surface area contributed by atoms with Crippen LogP contribution in [0.15, 0.2) is 42.9 Å². The van der Waals surface area contributed by atoms with Crippen molar-refractivity contribution in [2.45, 2.75) is 13.3 Å². The molecule has 4 rings (SSSR count). The topological polar surface area (TPSA) is 62.2 Å². The van der Waals surface area contributed by atoms with Gasteiger partial charge < -0.3 is 4.90 Å². The van der Waals surface area contributed by atoms with Crippen molar-refractivity contribution in [2.24, 2.45) is 0 Å². The number of rotatable bonds is 5. The molecule has 6 heteroatoms. The molecule has 0 bridgehead atoms. The van der Waals surface area contributed by atoms with Gasteiger partial charge in [-0.05, 0) is 32.2 Å². The highest BCUT2D eigenvalue weighted by Crippen LogP contribution is 2.22. The Morgan fingerprint density at radius 3 is 2.50 bits per heavy atom. The molecule has 0 spiro atoms. The van der Waals surface area contributed by atoms with Crippen LogP contribution in [0.1, 0.15) is 11.4 Å². The van der Waals surface area contributed by atoms with E-state index in [2.05, 4.69) is 37.9 Å². The molecular weight excluding hydrogens is 350 g/mol. The molecule has 0 amide bonds. The van der Waals surface area contributed by atoms with Crippen LogP contribution in [0.2, 0.25) is 0 Å². The molecule has 0 saturated carbocycles. The lowest BCUT2D eigenvalue weighted by atomic mass is 10.1. The van der Waals surface area contributed by atoms with Crippen molar-refractivity contribution < 1.29 is 4.79 Å². The molecule has 0 aliphatic carbocycles. The maximum absolute atomic E-state index is 12.5. The second-order valence-corrected chi connectivity index (χ2v) is 7.58. The van der Waals surface area contributed by atoms with E-state index in [9.17, 15) is 4.79 Å². The van der Waals surface area contributed by atoms with Crippen molar-refractivity contribution in [3.05, 3.63) is 54.2 Å². The monoisotopic (exact) mass is 375 g/mol. The fourth-order valence-electron chi connectivity index (χ4n) is 3.48. The predicted molar refractivity (Wildman–Crippen MR) is 110 cm³/mol. The Balaban J connectivity index is 1.48. The second kappa shape index (κ2) is 8.12. The SMILES string of the molecule is Cc1ccc(-c2cnc3cnc(CC(=O)CN4CCN(C)CC4)cc3c2)cn1.